The highest BCUT2D eigenvalue weighted by Crippen LogP contribution is 2.43. The molecule has 0 radical (unpaired) electrons. The zero-order valence-electron chi connectivity index (χ0n) is 10.6. The number of amides is 1. The Kier molecular flexibility index (Phi) is 3.73. The number of carboxylic acids is 1. The zero-order chi connectivity index (χ0) is 14.2. The Morgan fingerprint density at radius 1 is 1.58 bits per heavy atom. The van der Waals surface area contributed by atoms with E-state index in [1.165, 1.54) is 30.7 Å². The largest absolute Gasteiger partial charge is 0.481 e. The molecule has 2 rings (SSSR count). The highest BCUT2D eigenvalue weighted by atomic mass is 32.2. The van der Waals surface area contributed by atoms with Gasteiger partial charge < -0.3 is 19.5 Å². The Labute approximate surface area is 114 Å². The number of methoxy groups -OCH3 is 1. The number of carbonyl (C=O) groups excluding carboxylic acids is 2. The summed E-state index contributed by atoms with van der Waals surface area (Å²) >= 11 is 1.34. The van der Waals surface area contributed by atoms with E-state index in [4.69, 9.17) is 9.47 Å². The number of aliphatic carboxylic acids is 1. The van der Waals surface area contributed by atoms with Gasteiger partial charge >= 0.3 is 11.9 Å². The molecule has 0 spiro atoms. The number of thioether (sulfide) groups is 1. The smallest absolute Gasteiger partial charge is 0.315 e. The van der Waals surface area contributed by atoms with Crippen LogP contribution in [0.4, 0.5) is 0 Å². The van der Waals surface area contributed by atoms with E-state index < -0.39 is 23.5 Å². The van der Waals surface area contributed by atoms with E-state index in [1.807, 2.05) is 0 Å². The first-order valence-electron chi connectivity index (χ1n) is 5.73. The molecule has 0 aromatic heterocycles. The molecule has 106 valence electrons. The van der Waals surface area contributed by atoms with Crippen LogP contribution in [0.1, 0.15) is 6.92 Å². The van der Waals surface area contributed by atoms with Gasteiger partial charge in [0.2, 0.25) is 0 Å². The third kappa shape index (κ3) is 2.30. The van der Waals surface area contributed by atoms with E-state index >= 15 is 0 Å². The molecule has 0 saturated carbocycles. The van der Waals surface area contributed by atoms with Gasteiger partial charge in [-0.2, -0.15) is 0 Å². The van der Waals surface area contributed by atoms with Crippen LogP contribution in [0.3, 0.4) is 0 Å². The Balaban J connectivity index is 2.09. The SMILES string of the molecule is CO[C@H]1C(=O)N2CC(COC(C)=O)(C(=O)O)CS[C@H]12. The fourth-order valence-corrected chi connectivity index (χ4v) is 3.74. The van der Waals surface area contributed by atoms with Gasteiger partial charge in [0.25, 0.3) is 5.91 Å². The summed E-state index contributed by atoms with van der Waals surface area (Å²) in [5, 5.41) is 9.23. The Hall–Kier alpha value is -1.28. The lowest BCUT2D eigenvalue weighted by atomic mass is 9.88. The quantitative estimate of drug-likeness (QED) is 0.553. The molecular weight excluding hydrogens is 274 g/mol. The molecule has 8 heteroatoms. The van der Waals surface area contributed by atoms with Crippen molar-refractivity contribution in [3.8, 4) is 0 Å². The topological polar surface area (TPSA) is 93.1 Å². The minimum Gasteiger partial charge on any atom is -0.481 e. The molecular formula is C11H15NO6S. The van der Waals surface area contributed by atoms with E-state index in [0.29, 0.717) is 0 Å². The summed E-state index contributed by atoms with van der Waals surface area (Å²) in [5.74, 6) is -1.52. The van der Waals surface area contributed by atoms with Gasteiger partial charge in [0.15, 0.2) is 6.10 Å². The highest BCUT2D eigenvalue weighted by molar-refractivity contribution is 8.00. The summed E-state index contributed by atoms with van der Waals surface area (Å²) in [6.07, 6.45) is -0.495. The molecule has 2 aliphatic rings. The maximum absolute atomic E-state index is 11.8. The molecule has 2 saturated heterocycles. The first-order chi connectivity index (χ1) is 8.91. The van der Waals surface area contributed by atoms with Gasteiger partial charge in [-0.3, -0.25) is 14.4 Å². The second-order valence-electron chi connectivity index (χ2n) is 4.69. The predicted octanol–water partition coefficient (Wildman–Crippen LogP) is -0.449. The third-order valence-corrected chi connectivity index (χ3v) is 4.92. The Bertz CT molecular complexity index is 427. The highest BCUT2D eigenvalue weighted by Gasteiger charge is 2.57. The van der Waals surface area contributed by atoms with Gasteiger partial charge in [0, 0.05) is 26.3 Å². The minimum absolute atomic E-state index is 0.0476. The number of nitrogens with zero attached hydrogens (tertiary/aromatic N) is 1. The van der Waals surface area contributed by atoms with Crippen molar-refractivity contribution in [3.05, 3.63) is 0 Å². The van der Waals surface area contributed by atoms with Crippen molar-refractivity contribution in [2.24, 2.45) is 5.41 Å². The number of hydrogen-bond acceptors (Lipinski definition) is 6. The lowest BCUT2D eigenvalue weighted by Crippen LogP contribution is -2.70. The van der Waals surface area contributed by atoms with Crippen LogP contribution in [-0.4, -0.2) is 65.3 Å². The van der Waals surface area contributed by atoms with Gasteiger partial charge in [-0.15, -0.1) is 11.8 Å². The molecule has 1 unspecified atom stereocenters. The Morgan fingerprint density at radius 2 is 2.26 bits per heavy atom. The average Bonchev–Trinajstić information content (AvgIpc) is 2.36. The standard InChI is InChI=1S/C11H15NO6S/c1-6(13)18-4-11(10(15)16)3-12-8(14)7(17-2)9(12)19-5-11/h7,9H,3-5H2,1-2H3,(H,15,16)/t7-,9+,11?/m0/s1. The zero-order valence-corrected chi connectivity index (χ0v) is 11.4. The van der Waals surface area contributed by atoms with Crippen molar-refractivity contribution in [3.63, 3.8) is 0 Å². The second-order valence-corrected chi connectivity index (χ2v) is 5.79. The molecule has 0 aromatic carbocycles. The van der Waals surface area contributed by atoms with E-state index in [2.05, 4.69) is 0 Å². The number of β-lactam (4-membered cyclic amide) rings is 1. The molecule has 2 heterocycles. The van der Waals surface area contributed by atoms with E-state index in [-0.39, 0.29) is 30.2 Å². The normalized spacial score (nSPS) is 33.4. The van der Waals surface area contributed by atoms with Crippen molar-refractivity contribution in [2.75, 3.05) is 26.0 Å². The second kappa shape index (κ2) is 5.01. The van der Waals surface area contributed by atoms with E-state index in [1.54, 1.807) is 0 Å². The number of ether oxygens (including phenoxy) is 2. The van der Waals surface area contributed by atoms with Gasteiger partial charge in [0.05, 0.1) is 0 Å². The molecule has 0 bridgehead atoms. The van der Waals surface area contributed by atoms with Crippen LogP contribution in [0.15, 0.2) is 0 Å². The van der Waals surface area contributed by atoms with Crippen molar-refractivity contribution in [2.45, 2.75) is 18.4 Å². The Morgan fingerprint density at radius 3 is 2.79 bits per heavy atom. The molecule has 0 aliphatic carbocycles. The summed E-state index contributed by atoms with van der Waals surface area (Å²) in [7, 11) is 1.46. The van der Waals surface area contributed by atoms with Crippen LogP contribution in [0, 0.1) is 5.41 Å². The van der Waals surface area contributed by atoms with E-state index in [9.17, 15) is 19.5 Å². The number of fused-ring (bicyclic) bond motifs is 1. The molecule has 19 heavy (non-hydrogen) atoms. The molecule has 1 N–H and O–H groups in total. The summed E-state index contributed by atoms with van der Waals surface area (Å²) < 4.78 is 9.89. The van der Waals surface area contributed by atoms with Gasteiger partial charge in [-0.25, -0.2) is 0 Å². The van der Waals surface area contributed by atoms with Crippen LogP contribution in [0.25, 0.3) is 0 Å². The van der Waals surface area contributed by atoms with Crippen molar-refractivity contribution >= 4 is 29.6 Å². The fraction of sp³-hybridized carbons (Fsp3) is 0.727. The molecule has 3 atom stereocenters. The maximum Gasteiger partial charge on any atom is 0.315 e. The lowest BCUT2D eigenvalue weighted by Gasteiger charge is -2.52. The molecule has 7 nitrogen and oxygen atoms in total. The number of esters is 1. The molecule has 1 amide bonds. The van der Waals surface area contributed by atoms with Gasteiger partial charge in [-0.05, 0) is 0 Å². The summed E-state index contributed by atoms with van der Waals surface area (Å²) in [5.41, 5.74) is -1.23. The predicted molar refractivity (Wildman–Crippen MR) is 65.5 cm³/mol. The van der Waals surface area contributed by atoms with Crippen LogP contribution >= 0.6 is 11.8 Å². The van der Waals surface area contributed by atoms with Crippen LogP contribution < -0.4 is 0 Å². The van der Waals surface area contributed by atoms with Crippen molar-refractivity contribution in [1.29, 1.82) is 0 Å². The first-order valence-corrected chi connectivity index (χ1v) is 6.78. The monoisotopic (exact) mass is 289 g/mol. The fourth-order valence-electron chi connectivity index (χ4n) is 2.19. The molecule has 2 aliphatic heterocycles. The first kappa shape index (κ1) is 14.1. The van der Waals surface area contributed by atoms with Gasteiger partial charge in [-0.1, -0.05) is 0 Å². The van der Waals surface area contributed by atoms with Crippen LogP contribution in [0.2, 0.25) is 0 Å². The van der Waals surface area contributed by atoms with Crippen LogP contribution in [0.5, 0.6) is 0 Å². The summed E-state index contributed by atoms with van der Waals surface area (Å²) in [6, 6.07) is 0. The van der Waals surface area contributed by atoms with E-state index in [0.717, 1.165) is 0 Å². The minimum atomic E-state index is -1.23. The summed E-state index contributed by atoms with van der Waals surface area (Å²) in [6.45, 7) is 1.05. The maximum atomic E-state index is 11.8. The van der Waals surface area contributed by atoms with Crippen molar-refractivity contribution < 1.29 is 29.0 Å². The van der Waals surface area contributed by atoms with Crippen LogP contribution in [-0.2, 0) is 23.9 Å². The van der Waals surface area contributed by atoms with Crippen molar-refractivity contribution in [1.82, 2.24) is 4.90 Å². The molecule has 0 aromatic rings. The average molecular weight is 289 g/mol. The molecule has 2 fully saturated rings. The number of carbonyl (C=O) groups is 3. The summed E-state index contributed by atoms with van der Waals surface area (Å²) in [4.78, 5) is 35.5. The number of rotatable bonds is 4. The number of hydrogen-bond donors (Lipinski definition) is 1. The van der Waals surface area contributed by atoms with Gasteiger partial charge in [0.1, 0.15) is 17.4 Å². The number of carboxylic acid groups (broad SMARTS) is 1. The third-order valence-electron chi connectivity index (χ3n) is 3.36. The lowest BCUT2D eigenvalue weighted by molar-refractivity contribution is -0.173.